The van der Waals surface area contributed by atoms with Crippen LogP contribution in [0.25, 0.3) is 4.98 Å². The molecule has 1 rings (SSSR count). The number of nitrogens with zero attached hydrogens (tertiary/aromatic N) is 3. The van der Waals surface area contributed by atoms with Gasteiger partial charge in [0.2, 0.25) is 5.39 Å². The van der Waals surface area contributed by atoms with Crippen molar-refractivity contribution in [2.24, 2.45) is 0 Å². The first-order chi connectivity index (χ1) is 5.65. The van der Waals surface area contributed by atoms with E-state index in [1.807, 2.05) is 0 Å². The molecule has 0 atom stereocenters. The predicted octanol–water partition coefficient (Wildman–Crippen LogP) is 2.84. The van der Waals surface area contributed by atoms with E-state index < -0.39 is 4.92 Å². The van der Waals surface area contributed by atoms with E-state index >= 15 is 0 Å². The molecule has 0 unspecified atom stereocenters. The van der Waals surface area contributed by atoms with Crippen molar-refractivity contribution in [1.29, 1.82) is 5.39 Å². The highest BCUT2D eigenvalue weighted by molar-refractivity contribution is 9.10. The minimum Gasteiger partial charge on any atom is -0.258 e. The summed E-state index contributed by atoms with van der Waals surface area (Å²) in [5, 5.41) is 18.6. The van der Waals surface area contributed by atoms with Gasteiger partial charge in [0.25, 0.3) is 5.69 Å². The van der Waals surface area contributed by atoms with Crippen LogP contribution in [0.15, 0.2) is 22.7 Å². The van der Waals surface area contributed by atoms with Crippen LogP contribution in [0.1, 0.15) is 0 Å². The number of benzene rings is 1. The van der Waals surface area contributed by atoms with Crippen LogP contribution in [-0.4, -0.2) is 4.92 Å². The van der Waals surface area contributed by atoms with E-state index in [0.717, 1.165) is 0 Å². The molecule has 0 spiro atoms. The molecule has 0 aliphatic rings. The van der Waals surface area contributed by atoms with Gasteiger partial charge in [-0.1, -0.05) is 0 Å². The SMILES string of the molecule is N#[N+]c1ccc([N+](=O)[O-])c(Br)c1. The number of hydrogen-bond acceptors (Lipinski definition) is 3. The number of nitro benzene ring substituents is 1. The normalized spacial score (nSPS) is 9.00. The molecule has 0 aromatic heterocycles. The van der Waals surface area contributed by atoms with E-state index in [9.17, 15) is 10.1 Å². The number of nitro groups is 1. The third-order valence-electron chi connectivity index (χ3n) is 1.24. The van der Waals surface area contributed by atoms with Crippen LogP contribution in [0, 0.1) is 15.5 Å². The Hall–Kier alpha value is -1.48. The van der Waals surface area contributed by atoms with E-state index in [1.54, 1.807) is 0 Å². The fourth-order valence-electron chi connectivity index (χ4n) is 0.706. The van der Waals surface area contributed by atoms with Gasteiger partial charge in [0.05, 0.1) is 11.0 Å². The second kappa shape index (κ2) is 3.28. The van der Waals surface area contributed by atoms with Crippen molar-refractivity contribution in [3.63, 3.8) is 0 Å². The summed E-state index contributed by atoms with van der Waals surface area (Å²) in [4.78, 5) is 12.7. The molecule has 0 saturated carbocycles. The number of diazo groups is 1. The molecular weight excluding hydrogens is 226 g/mol. The first-order valence-electron chi connectivity index (χ1n) is 2.94. The molecule has 0 saturated heterocycles. The molecule has 60 valence electrons. The molecule has 1 aromatic carbocycles. The van der Waals surface area contributed by atoms with Gasteiger partial charge in [-0.3, -0.25) is 10.1 Å². The number of hydrogen-bond donors (Lipinski definition) is 0. The Kier molecular flexibility index (Phi) is 2.35. The van der Waals surface area contributed by atoms with Crippen LogP contribution in [0.5, 0.6) is 0 Å². The van der Waals surface area contributed by atoms with Crippen molar-refractivity contribution in [2.45, 2.75) is 0 Å². The molecule has 0 aliphatic carbocycles. The highest BCUT2D eigenvalue weighted by atomic mass is 79.9. The summed E-state index contributed by atoms with van der Waals surface area (Å²) in [6, 6.07) is 3.97. The standard InChI is InChI=1S/C6H3BrN3O2/c7-5-3-4(9-8)1-2-6(5)10(11)12/h1-3H/q+1. The lowest BCUT2D eigenvalue weighted by Crippen LogP contribution is -1.87. The first kappa shape index (κ1) is 8.62. The monoisotopic (exact) mass is 228 g/mol. The minimum absolute atomic E-state index is 0.0533. The van der Waals surface area contributed by atoms with Gasteiger partial charge in [0.15, 0.2) is 4.98 Å². The molecule has 0 radical (unpaired) electrons. The maximum absolute atomic E-state index is 10.3. The second-order valence-electron chi connectivity index (χ2n) is 1.99. The van der Waals surface area contributed by atoms with Crippen molar-refractivity contribution >= 4 is 27.3 Å². The first-order valence-corrected chi connectivity index (χ1v) is 3.73. The fraction of sp³-hybridized carbons (Fsp3) is 0. The fourth-order valence-corrected chi connectivity index (χ4v) is 1.22. The van der Waals surface area contributed by atoms with E-state index in [1.165, 1.54) is 18.2 Å². The lowest BCUT2D eigenvalue weighted by molar-refractivity contribution is -0.385. The van der Waals surface area contributed by atoms with Crippen molar-refractivity contribution in [1.82, 2.24) is 0 Å². The average Bonchev–Trinajstić information content (AvgIpc) is 2.03. The van der Waals surface area contributed by atoms with Gasteiger partial charge < -0.3 is 0 Å². The highest BCUT2D eigenvalue weighted by Crippen LogP contribution is 2.28. The zero-order valence-corrected chi connectivity index (χ0v) is 7.35. The quantitative estimate of drug-likeness (QED) is 0.422. The van der Waals surface area contributed by atoms with Crippen LogP contribution < -0.4 is 0 Å². The molecule has 6 heteroatoms. The summed E-state index contributed by atoms with van der Waals surface area (Å²) < 4.78 is 0.294. The summed E-state index contributed by atoms with van der Waals surface area (Å²) in [5.41, 5.74) is 0.217. The molecule has 0 N–H and O–H groups in total. The lowest BCUT2D eigenvalue weighted by atomic mass is 10.3. The van der Waals surface area contributed by atoms with Gasteiger partial charge in [-0.2, -0.15) is 0 Å². The van der Waals surface area contributed by atoms with E-state index in [0.29, 0.717) is 4.47 Å². The van der Waals surface area contributed by atoms with Gasteiger partial charge in [-0.05, 0) is 15.9 Å². The van der Waals surface area contributed by atoms with Gasteiger partial charge in [0.1, 0.15) is 4.47 Å². The Labute approximate surface area is 75.9 Å². The summed E-state index contributed by atoms with van der Waals surface area (Å²) in [7, 11) is 0. The molecule has 0 heterocycles. The molecule has 0 bridgehead atoms. The smallest absolute Gasteiger partial charge is 0.258 e. The molecule has 0 fully saturated rings. The van der Waals surface area contributed by atoms with Crippen LogP contribution in [-0.2, 0) is 0 Å². The Bertz CT molecular complexity index is 372. The van der Waals surface area contributed by atoms with E-state index in [4.69, 9.17) is 5.39 Å². The maximum atomic E-state index is 10.3. The van der Waals surface area contributed by atoms with Crippen molar-refractivity contribution in [3.8, 4) is 0 Å². The molecule has 1 aromatic rings. The van der Waals surface area contributed by atoms with Gasteiger partial charge in [-0.25, -0.2) is 0 Å². The van der Waals surface area contributed by atoms with E-state index in [2.05, 4.69) is 20.9 Å². The Balaban J connectivity index is 3.23. The van der Waals surface area contributed by atoms with Crippen molar-refractivity contribution in [3.05, 3.63) is 37.8 Å². The minimum atomic E-state index is -0.523. The van der Waals surface area contributed by atoms with Crippen LogP contribution in [0.2, 0.25) is 0 Å². The Morgan fingerprint density at radius 2 is 2.25 bits per heavy atom. The zero-order valence-electron chi connectivity index (χ0n) is 5.77. The van der Waals surface area contributed by atoms with Gasteiger partial charge >= 0.3 is 5.69 Å². The Morgan fingerprint density at radius 1 is 1.58 bits per heavy atom. The molecular formula is C6H3BrN3O2+. The highest BCUT2D eigenvalue weighted by Gasteiger charge is 2.15. The van der Waals surface area contributed by atoms with Crippen molar-refractivity contribution in [2.75, 3.05) is 0 Å². The summed E-state index contributed by atoms with van der Waals surface area (Å²) in [6.07, 6.45) is 0. The summed E-state index contributed by atoms with van der Waals surface area (Å²) in [5.74, 6) is 0. The maximum Gasteiger partial charge on any atom is 0.386 e. The second-order valence-corrected chi connectivity index (χ2v) is 2.85. The molecule has 0 aliphatic heterocycles. The molecule has 12 heavy (non-hydrogen) atoms. The largest absolute Gasteiger partial charge is 0.386 e. The number of rotatable bonds is 1. The third-order valence-corrected chi connectivity index (χ3v) is 1.88. The topological polar surface area (TPSA) is 71.3 Å². The van der Waals surface area contributed by atoms with E-state index in [-0.39, 0.29) is 11.4 Å². The predicted molar refractivity (Wildman–Crippen MR) is 45.5 cm³/mol. The van der Waals surface area contributed by atoms with Crippen LogP contribution >= 0.6 is 15.9 Å². The van der Waals surface area contributed by atoms with Gasteiger partial charge in [0, 0.05) is 12.1 Å². The number of halogens is 1. The molecule has 5 nitrogen and oxygen atoms in total. The third kappa shape index (κ3) is 1.57. The van der Waals surface area contributed by atoms with Gasteiger partial charge in [-0.15, -0.1) is 0 Å². The summed E-state index contributed by atoms with van der Waals surface area (Å²) >= 11 is 2.98. The lowest BCUT2D eigenvalue weighted by Gasteiger charge is -1.90. The Morgan fingerprint density at radius 3 is 2.67 bits per heavy atom. The average molecular weight is 229 g/mol. The van der Waals surface area contributed by atoms with Crippen LogP contribution in [0.3, 0.4) is 0 Å². The zero-order chi connectivity index (χ0) is 9.14. The molecule has 0 amide bonds. The summed E-state index contributed by atoms with van der Waals surface area (Å²) in [6.45, 7) is 0. The van der Waals surface area contributed by atoms with Crippen molar-refractivity contribution < 1.29 is 4.92 Å². The van der Waals surface area contributed by atoms with Crippen LogP contribution in [0.4, 0.5) is 11.4 Å².